The highest BCUT2D eigenvalue weighted by Crippen LogP contribution is 2.42. The summed E-state index contributed by atoms with van der Waals surface area (Å²) in [6.07, 6.45) is 11.0. The number of aromatic nitrogens is 1. The molecule has 0 radical (unpaired) electrons. The predicted molar refractivity (Wildman–Crippen MR) is 152 cm³/mol. The van der Waals surface area contributed by atoms with Crippen LogP contribution in [0.5, 0.6) is 0 Å². The van der Waals surface area contributed by atoms with Gasteiger partial charge in [0, 0.05) is 37.2 Å². The molecule has 0 spiro atoms. The third-order valence-corrected chi connectivity index (χ3v) is 8.79. The van der Waals surface area contributed by atoms with Crippen molar-refractivity contribution in [3.05, 3.63) is 89.4 Å². The summed E-state index contributed by atoms with van der Waals surface area (Å²) in [5, 5.41) is 0. The van der Waals surface area contributed by atoms with Crippen LogP contribution in [0, 0.1) is 17.8 Å². The molecule has 0 atom stereocenters. The minimum Gasteiger partial charge on any atom is -0.339 e. The molecule has 1 aromatic carbocycles. The number of alkyl halides is 3. The van der Waals surface area contributed by atoms with Crippen LogP contribution in [0.25, 0.3) is 0 Å². The third kappa shape index (κ3) is 6.73. The van der Waals surface area contributed by atoms with Gasteiger partial charge in [-0.25, -0.2) is 0 Å². The van der Waals surface area contributed by atoms with Gasteiger partial charge < -0.3 is 4.90 Å². The molecular weight excluding hydrogens is 511 g/mol. The number of allylic oxidation sites excluding steroid dienone is 1. The maximum atomic E-state index is 14.4. The first-order chi connectivity index (χ1) is 19.3. The molecule has 40 heavy (non-hydrogen) atoms. The number of halogens is 3. The van der Waals surface area contributed by atoms with Crippen LogP contribution in [0.2, 0.25) is 0 Å². The lowest BCUT2D eigenvalue weighted by Gasteiger charge is -2.38. The van der Waals surface area contributed by atoms with Gasteiger partial charge in [-0.1, -0.05) is 56.9 Å². The van der Waals surface area contributed by atoms with Crippen molar-refractivity contribution in [1.29, 1.82) is 0 Å². The SMILES string of the molecule is C=CN=C(/C(C(=O)N1CCC(C2CCCCC2)CC1)=C(\Cc1cccc(C(F)(F)F)c1)C1CC1)c1cccnc1. The molecule has 1 aliphatic heterocycles. The van der Waals surface area contributed by atoms with E-state index in [-0.39, 0.29) is 18.2 Å². The number of amides is 1. The van der Waals surface area contributed by atoms with E-state index in [1.54, 1.807) is 24.5 Å². The molecule has 0 N–H and O–H groups in total. The molecule has 5 rings (SSSR count). The summed E-state index contributed by atoms with van der Waals surface area (Å²) >= 11 is 0. The zero-order chi connectivity index (χ0) is 28.1. The first-order valence-corrected chi connectivity index (χ1v) is 14.6. The highest BCUT2D eigenvalue weighted by Gasteiger charge is 2.37. The van der Waals surface area contributed by atoms with Crippen molar-refractivity contribution in [2.24, 2.45) is 22.7 Å². The molecule has 0 unspecified atom stereocenters. The van der Waals surface area contributed by atoms with Gasteiger partial charge in [0.25, 0.3) is 5.91 Å². The number of nitrogens with zero attached hydrogens (tertiary/aromatic N) is 3. The molecule has 0 bridgehead atoms. The van der Waals surface area contributed by atoms with Crippen molar-refractivity contribution in [2.45, 2.75) is 70.4 Å². The van der Waals surface area contributed by atoms with Gasteiger partial charge in [-0.3, -0.25) is 14.8 Å². The van der Waals surface area contributed by atoms with E-state index in [2.05, 4.69) is 16.6 Å². The van der Waals surface area contributed by atoms with Gasteiger partial charge in [0.2, 0.25) is 0 Å². The Balaban J connectivity index is 1.51. The molecule has 3 fully saturated rings. The molecule has 2 aromatic rings. The van der Waals surface area contributed by atoms with Crippen LogP contribution in [-0.2, 0) is 17.4 Å². The van der Waals surface area contributed by atoms with Crippen molar-refractivity contribution in [2.75, 3.05) is 13.1 Å². The summed E-state index contributed by atoms with van der Waals surface area (Å²) in [5.74, 6) is 1.47. The molecule has 3 aliphatic rings. The Kier molecular flexibility index (Phi) is 8.87. The number of pyridine rings is 1. The van der Waals surface area contributed by atoms with Crippen molar-refractivity contribution in [3.8, 4) is 0 Å². The topological polar surface area (TPSA) is 45.6 Å². The maximum Gasteiger partial charge on any atom is 0.416 e. The lowest BCUT2D eigenvalue weighted by Crippen LogP contribution is -2.42. The van der Waals surface area contributed by atoms with E-state index in [0.717, 1.165) is 43.2 Å². The second-order valence-electron chi connectivity index (χ2n) is 11.5. The lowest BCUT2D eigenvalue weighted by atomic mass is 9.75. The molecule has 2 heterocycles. The Labute approximate surface area is 235 Å². The van der Waals surface area contributed by atoms with Crippen LogP contribution >= 0.6 is 0 Å². The smallest absolute Gasteiger partial charge is 0.339 e. The van der Waals surface area contributed by atoms with Crippen molar-refractivity contribution in [1.82, 2.24) is 9.88 Å². The summed E-state index contributed by atoms with van der Waals surface area (Å²) in [6.45, 7) is 5.19. The predicted octanol–water partition coefficient (Wildman–Crippen LogP) is 7.80. The third-order valence-electron chi connectivity index (χ3n) is 8.79. The average molecular weight is 550 g/mol. The van der Waals surface area contributed by atoms with E-state index in [4.69, 9.17) is 0 Å². The van der Waals surface area contributed by atoms with E-state index in [0.29, 0.717) is 41.4 Å². The Morgan fingerprint density at radius 2 is 1.73 bits per heavy atom. The van der Waals surface area contributed by atoms with E-state index < -0.39 is 11.7 Å². The summed E-state index contributed by atoms with van der Waals surface area (Å²) in [7, 11) is 0. The zero-order valence-electron chi connectivity index (χ0n) is 23.0. The Hall–Kier alpha value is -3.22. The number of rotatable bonds is 8. The first kappa shape index (κ1) is 28.3. The van der Waals surface area contributed by atoms with Crippen LogP contribution < -0.4 is 0 Å². The Morgan fingerprint density at radius 1 is 1.00 bits per heavy atom. The van der Waals surface area contributed by atoms with Crippen LogP contribution in [0.15, 0.2) is 77.7 Å². The van der Waals surface area contributed by atoms with Crippen molar-refractivity contribution in [3.63, 3.8) is 0 Å². The number of benzene rings is 1. The van der Waals surface area contributed by atoms with Gasteiger partial charge in [-0.05, 0) is 79.2 Å². The minimum absolute atomic E-state index is 0.0829. The van der Waals surface area contributed by atoms with Gasteiger partial charge in [-0.2, -0.15) is 13.2 Å². The van der Waals surface area contributed by atoms with Crippen molar-refractivity contribution < 1.29 is 18.0 Å². The number of carbonyl (C=O) groups is 1. The van der Waals surface area contributed by atoms with Gasteiger partial charge in [0.1, 0.15) is 0 Å². The summed E-state index contributed by atoms with van der Waals surface area (Å²) in [5.41, 5.74) is 2.43. The van der Waals surface area contributed by atoms with E-state index in [9.17, 15) is 18.0 Å². The van der Waals surface area contributed by atoms with Crippen LogP contribution in [0.3, 0.4) is 0 Å². The maximum absolute atomic E-state index is 14.4. The molecule has 7 heteroatoms. The number of hydrogen-bond acceptors (Lipinski definition) is 3. The van der Waals surface area contributed by atoms with Crippen LogP contribution in [-0.4, -0.2) is 34.6 Å². The fraction of sp³-hybridized carbons (Fsp3) is 0.485. The molecular formula is C33H38F3N3O. The fourth-order valence-corrected chi connectivity index (χ4v) is 6.55. The quantitative estimate of drug-likeness (QED) is 0.249. The molecule has 212 valence electrons. The number of piperidine rings is 1. The lowest BCUT2D eigenvalue weighted by molar-refractivity contribution is -0.137. The summed E-state index contributed by atoms with van der Waals surface area (Å²) < 4.78 is 40.5. The van der Waals surface area contributed by atoms with Crippen LogP contribution in [0.1, 0.15) is 74.5 Å². The second kappa shape index (κ2) is 12.5. The monoisotopic (exact) mass is 549 g/mol. The number of likely N-dealkylation sites (tertiary alicyclic amines) is 1. The summed E-state index contributed by atoms with van der Waals surface area (Å²) in [6, 6.07) is 9.12. The van der Waals surface area contributed by atoms with Gasteiger partial charge in [0.05, 0.1) is 16.8 Å². The van der Waals surface area contributed by atoms with Gasteiger partial charge >= 0.3 is 6.18 Å². The number of carbonyl (C=O) groups excluding carboxylic acids is 1. The summed E-state index contributed by atoms with van der Waals surface area (Å²) in [4.78, 5) is 25.2. The largest absolute Gasteiger partial charge is 0.416 e. The molecule has 4 nitrogen and oxygen atoms in total. The Bertz CT molecular complexity index is 1250. The standard InChI is InChI=1S/C33H38F3N3O/c1-2-38-31(27-11-7-17-37-22-27)30(32(40)39-18-15-25(16-19-39)24-9-4-3-5-10-24)29(26-13-14-26)21-23-8-6-12-28(20-23)33(34,35)36/h2,6-8,11-12,17,20,22,24-26H,1,3-5,9-10,13-16,18-19,21H2/b30-29-,38-31?. The normalized spacial score (nSPS) is 20.3. The van der Waals surface area contributed by atoms with Crippen molar-refractivity contribution >= 4 is 11.6 Å². The Morgan fingerprint density at radius 3 is 2.35 bits per heavy atom. The first-order valence-electron chi connectivity index (χ1n) is 14.6. The van der Waals surface area contributed by atoms with Gasteiger partial charge in [-0.15, -0.1) is 0 Å². The van der Waals surface area contributed by atoms with E-state index in [1.807, 2.05) is 11.0 Å². The molecule has 1 amide bonds. The van der Waals surface area contributed by atoms with Crippen LogP contribution in [0.4, 0.5) is 13.2 Å². The molecule has 1 aromatic heterocycles. The minimum atomic E-state index is -4.42. The van der Waals surface area contributed by atoms with E-state index in [1.165, 1.54) is 50.4 Å². The molecule has 1 saturated heterocycles. The molecule has 2 aliphatic carbocycles. The molecule has 2 saturated carbocycles. The fourth-order valence-electron chi connectivity index (χ4n) is 6.55. The van der Waals surface area contributed by atoms with Gasteiger partial charge in [0.15, 0.2) is 0 Å². The highest BCUT2D eigenvalue weighted by atomic mass is 19.4. The average Bonchev–Trinajstić information content (AvgIpc) is 3.83. The van der Waals surface area contributed by atoms with E-state index >= 15 is 0 Å². The second-order valence-corrected chi connectivity index (χ2v) is 11.5. The zero-order valence-corrected chi connectivity index (χ0v) is 23.0. The highest BCUT2D eigenvalue weighted by molar-refractivity contribution is 6.28. The number of hydrogen-bond donors (Lipinski definition) is 0. The number of aliphatic imine (C=N–C) groups is 1.